The van der Waals surface area contributed by atoms with Crippen LogP contribution in [-0.4, -0.2) is 44.7 Å². The number of carbonyl (C=O) groups is 1. The van der Waals surface area contributed by atoms with Gasteiger partial charge in [0.05, 0.1) is 12.2 Å². The molecule has 1 saturated heterocycles. The molecule has 25 heavy (non-hydrogen) atoms. The summed E-state index contributed by atoms with van der Waals surface area (Å²) in [5.74, 6) is -1.94. The average molecular weight is 376 g/mol. The molecule has 1 aliphatic heterocycles. The summed E-state index contributed by atoms with van der Waals surface area (Å²) in [5.41, 5.74) is 1.02. The number of benzene rings is 1. The van der Waals surface area contributed by atoms with Crippen molar-refractivity contribution in [3.8, 4) is 0 Å². The van der Waals surface area contributed by atoms with Crippen LogP contribution >= 0.6 is 0 Å². The number of nitrogens with zero attached hydrogens (tertiary/aromatic N) is 1. The molecule has 5 nitrogen and oxygen atoms in total. The smallest absolute Gasteiger partial charge is 0.339 e. The van der Waals surface area contributed by atoms with Gasteiger partial charge in [-0.3, -0.25) is 9.52 Å². The lowest BCUT2D eigenvalue weighted by atomic mass is 9.97. The van der Waals surface area contributed by atoms with Gasteiger partial charge in [0.2, 0.25) is 15.9 Å². The third-order valence-electron chi connectivity index (χ3n) is 3.83. The maximum Gasteiger partial charge on any atom is 0.393 e. The summed E-state index contributed by atoms with van der Waals surface area (Å²) in [4.78, 5) is 13.3. The van der Waals surface area contributed by atoms with Gasteiger partial charge in [0.1, 0.15) is 0 Å². The molecular weight excluding hydrogens is 357 g/mol. The zero-order valence-electron chi connectivity index (χ0n) is 13.6. The van der Waals surface area contributed by atoms with Gasteiger partial charge in [-0.25, -0.2) is 8.42 Å². The first kappa shape index (κ1) is 19.3. The lowest BCUT2D eigenvalue weighted by Gasteiger charge is -2.33. The van der Waals surface area contributed by atoms with Gasteiger partial charge in [-0.1, -0.05) is 12.1 Å². The summed E-state index contributed by atoms with van der Waals surface area (Å²) < 4.78 is 62.9. The van der Waals surface area contributed by atoms with Crippen LogP contribution < -0.4 is 4.72 Å². The molecule has 1 aromatic rings. The highest BCUT2D eigenvalue weighted by atomic mass is 32.2. The van der Waals surface area contributed by atoms with E-state index in [1.807, 2.05) is 0 Å². The highest BCUT2D eigenvalue weighted by Gasteiger charge is 2.42. The number of amides is 1. The van der Waals surface area contributed by atoms with E-state index in [0.29, 0.717) is 24.2 Å². The number of hydrogen-bond donors (Lipinski definition) is 1. The van der Waals surface area contributed by atoms with Crippen LogP contribution in [-0.2, 0) is 14.8 Å². The normalized spacial score (nSPS) is 19.2. The van der Waals surface area contributed by atoms with Gasteiger partial charge < -0.3 is 4.90 Å². The van der Waals surface area contributed by atoms with Crippen molar-refractivity contribution < 1.29 is 26.4 Å². The molecule has 1 amide bonds. The summed E-state index contributed by atoms with van der Waals surface area (Å²) in [6, 6.07) is 6.27. The van der Waals surface area contributed by atoms with E-state index in [1.165, 1.54) is 29.2 Å². The largest absolute Gasteiger partial charge is 0.393 e. The van der Waals surface area contributed by atoms with Crippen LogP contribution in [0.1, 0.15) is 18.4 Å². The number of hydrogen-bond acceptors (Lipinski definition) is 3. The molecule has 0 spiro atoms. The molecule has 0 radical (unpaired) electrons. The van der Waals surface area contributed by atoms with Gasteiger partial charge in [-0.2, -0.15) is 13.2 Å². The highest BCUT2D eigenvalue weighted by molar-refractivity contribution is 7.92. The number of sulfonamides is 1. The number of carbonyl (C=O) groups excluding carboxylic acids is 1. The molecule has 0 aromatic heterocycles. The Morgan fingerprint density at radius 2 is 1.92 bits per heavy atom. The molecule has 1 heterocycles. The van der Waals surface area contributed by atoms with E-state index in [-0.39, 0.29) is 13.0 Å². The van der Waals surface area contributed by atoms with Crippen LogP contribution in [0.4, 0.5) is 18.9 Å². The monoisotopic (exact) mass is 376 g/mol. The van der Waals surface area contributed by atoms with Crippen molar-refractivity contribution >= 4 is 27.7 Å². The topological polar surface area (TPSA) is 66.5 Å². The van der Waals surface area contributed by atoms with Gasteiger partial charge in [0.25, 0.3) is 0 Å². The van der Waals surface area contributed by atoms with Crippen LogP contribution in [0.15, 0.2) is 30.3 Å². The Balaban J connectivity index is 1.98. The van der Waals surface area contributed by atoms with E-state index in [9.17, 15) is 26.4 Å². The summed E-state index contributed by atoms with van der Waals surface area (Å²) >= 11 is 0. The molecular formula is C16H19F3N2O3S. The fraction of sp³-hybridized carbons (Fsp3) is 0.438. The predicted octanol–water partition coefficient (Wildman–Crippen LogP) is 2.87. The van der Waals surface area contributed by atoms with E-state index in [1.54, 1.807) is 12.1 Å². The van der Waals surface area contributed by atoms with Crippen LogP contribution in [0.25, 0.3) is 6.08 Å². The summed E-state index contributed by atoms with van der Waals surface area (Å²) in [6.45, 7) is -0.00311. The number of anilines is 1. The standard InChI is InChI=1S/C16H19F3N2O3S/c1-25(23,24)20-14-7-4-12(5-8-14)6-9-15(22)21-10-2-3-13(11-21)16(17,18)19/h4-9,13,20H,2-3,10-11H2,1H3/b9-6+/t13-/m0/s1. The van der Waals surface area contributed by atoms with Crippen LogP contribution in [0.5, 0.6) is 0 Å². The minimum absolute atomic E-state index is 0.0474. The molecule has 1 atom stereocenters. The molecule has 1 N–H and O–H groups in total. The lowest BCUT2D eigenvalue weighted by molar-refractivity contribution is -0.187. The summed E-state index contributed by atoms with van der Waals surface area (Å²) in [7, 11) is -3.37. The Bertz CT molecular complexity index is 743. The Hall–Kier alpha value is -2.03. The Kier molecular flexibility index (Phi) is 5.76. The molecule has 1 fully saturated rings. The quantitative estimate of drug-likeness (QED) is 0.822. The predicted molar refractivity (Wildman–Crippen MR) is 89.3 cm³/mol. The van der Waals surface area contributed by atoms with E-state index < -0.39 is 28.0 Å². The number of alkyl halides is 3. The minimum atomic E-state index is -4.29. The lowest BCUT2D eigenvalue weighted by Crippen LogP contribution is -2.44. The van der Waals surface area contributed by atoms with Gasteiger partial charge in [-0.05, 0) is 36.6 Å². The molecule has 0 saturated carbocycles. The number of likely N-dealkylation sites (tertiary alicyclic amines) is 1. The second-order valence-corrected chi connectivity index (χ2v) is 7.74. The second-order valence-electron chi connectivity index (χ2n) is 5.99. The van der Waals surface area contributed by atoms with Gasteiger partial charge >= 0.3 is 6.18 Å². The van der Waals surface area contributed by atoms with Crippen LogP contribution in [0.2, 0.25) is 0 Å². The molecule has 1 aromatic carbocycles. The van der Waals surface area contributed by atoms with Crippen molar-refractivity contribution in [3.63, 3.8) is 0 Å². The first-order valence-electron chi connectivity index (χ1n) is 7.66. The maximum absolute atomic E-state index is 12.8. The number of rotatable bonds is 4. The maximum atomic E-state index is 12.8. The summed E-state index contributed by atoms with van der Waals surface area (Å²) in [6.07, 6.45) is -0.152. The molecule has 0 unspecified atom stereocenters. The Morgan fingerprint density at radius 3 is 2.48 bits per heavy atom. The summed E-state index contributed by atoms with van der Waals surface area (Å²) in [5, 5.41) is 0. The fourth-order valence-electron chi connectivity index (χ4n) is 2.59. The van der Waals surface area contributed by atoms with E-state index >= 15 is 0 Å². The zero-order chi connectivity index (χ0) is 18.7. The number of piperidine rings is 1. The van der Waals surface area contributed by atoms with E-state index in [4.69, 9.17) is 0 Å². The van der Waals surface area contributed by atoms with Crippen LogP contribution in [0.3, 0.4) is 0 Å². The first-order valence-corrected chi connectivity index (χ1v) is 9.55. The molecule has 0 aliphatic carbocycles. The third kappa shape index (κ3) is 6.08. The van der Waals surface area contributed by atoms with Crippen LogP contribution in [0, 0.1) is 5.92 Å². The zero-order valence-corrected chi connectivity index (χ0v) is 14.4. The molecule has 0 bridgehead atoms. The second kappa shape index (κ2) is 7.47. The molecule has 9 heteroatoms. The molecule has 1 aliphatic rings. The van der Waals surface area contributed by atoms with Gasteiger partial charge in [0, 0.05) is 24.9 Å². The first-order chi connectivity index (χ1) is 11.5. The van der Waals surface area contributed by atoms with Crippen molar-refractivity contribution in [3.05, 3.63) is 35.9 Å². The average Bonchev–Trinajstić information content (AvgIpc) is 2.52. The van der Waals surface area contributed by atoms with Crippen molar-refractivity contribution in [1.29, 1.82) is 0 Å². The van der Waals surface area contributed by atoms with Gasteiger partial charge in [-0.15, -0.1) is 0 Å². The highest BCUT2D eigenvalue weighted by Crippen LogP contribution is 2.33. The SMILES string of the molecule is CS(=O)(=O)Nc1ccc(/C=C/C(=O)N2CCC[C@H](C(F)(F)F)C2)cc1. The van der Waals surface area contributed by atoms with E-state index in [0.717, 1.165) is 6.26 Å². The van der Waals surface area contributed by atoms with Crippen molar-refractivity contribution in [2.75, 3.05) is 24.1 Å². The fourth-order valence-corrected chi connectivity index (χ4v) is 3.16. The third-order valence-corrected chi connectivity index (χ3v) is 4.43. The minimum Gasteiger partial charge on any atom is -0.339 e. The van der Waals surface area contributed by atoms with Crippen molar-refractivity contribution in [2.45, 2.75) is 19.0 Å². The van der Waals surface area contributed by atoms with Crippen molar-refractivity contribution in [1.82, 2.24) is 4.90 Å². The van der Waals surface area contributed by atoms with Crippen molar-refractivity contribution in [2.24, 2.45) is 5.92 Å². The number of nitrogens with one attached hydrogen (secondary N) is 1. The Labute approximate surface area is 144 Å². The van der Waals surface area contributed by atoms with Gasteiger partial charge in [0.15, 0.2) is 0 Å². The number of halogens is 3. The molecule has 138 valence electrons. The molecule has 2 rings (SSSR count). The Morgan fingerprint density at radius 1 is 1.28 bits per heavy atom. The van der Waals surface area contributed by atoms with E-state index in [2.05, 4.69) is 4.72 Å².